The molecule has 1 nitrogen and oxygen atoms in total. The summed E-state index contributed by atoms with van der Waals surface area (Å²) < 4.78 is 0. The molecule has 0 N–H and O–H groups in total. The van der Waals surface area contributed by atoms with E-state index in [0.717, 1.165) is 16.8 Å². The van der Waals surface area contributed by atoms with Crippen LogP contribution in [0.3, 0.4) is 0 Å². The fraction of sp³-hybridized carbons (Fsp3) is 1.00. The van der Waals surface area contributed by atoms with E-state index in [0.29, 0.717) is 0 Å². The van der Waals surface area contributed by atoms with Gasteiger partial charge in [-0.15, -0.1) is 0 Å². The highest BCUT2D eigenvalue weighted by Gasteiger charge is 2.26. The predicted molar refractivity (Wildman–Crippen MR) is 62.4 cm³/mol. The van der Waals surface area contributed by atoms with E-state index in [2.05, 4.69) is 41.6 Å². The fourth-order valence-corrected chi connectivity index (χ4v) is 2.66. The second-order valence-corrected chi connectivity index (χ2v) is 5.42. The molecular weight excluding hydrogens is 226 g/mol. The lowest BCUT2D eigenvalue weighted by Crippen LogP contribution is -2.45. The van der Waals surface area contributed by atoms with Crippen LogP contribution >= 0.6 is 15.9 Å². The molecule has 0 aliphatic carbocycles. The standard InChI is InChI=1S/C11H22BrN/c1-4-10(5-2)13-7-6-11(12)9(3)8-13/h9-11H,4-8H2,1-3H3. The maximum Gasteiger partial charge on any atom is 0.0195 e. The molecular formula is C11H22BrN. The molecule has 0 saturated carbocycles. The molecule has 0 radical (unpaired) electrons. The van der Waals surface area contributed by atoms with Crippen molar-refractivity contribution in [2.45, 2.75) is 50.9 Å². The van der Waals surface area contributed by atoms with Gasteiger partial charge < -0.3 is 4.90 Å². The van der Waals surface area contributed by atoms with Gasteiger partial charge in [-0.05, 0) is 31.7 Å². The zero-order chi connectivity index (χ0) is 9.84. The molecule has 0 spiro atoms. The Labute approximate surface area is 91.0 Å². The first kappa shape index (κ1) is 11.5. The third-order valence-electron chi connectivity index (χ3n) is 3.29. The Kier molecular flexibility index (Phi) is 4.74. The summed E-state index contributed by atoms with van der Waals surface area (Å²) in [7, 11) is 0. The van der Waals surface area contributed by atoms with Crippen molar-refractivity contribution in [1.82, 2.24) is 4.90 Å². The highest BCUT2D eigenvalue weighted by atomic mass is 79.9. The maximum atomic E-state index is 3.75. The van der Waals surface area contributed by atoms with Gasteiger partial charge in [0.15, 0.2) is 0 Å². The van der Waals surface area contributed by atoms with Crippen LogP contribution in [-0.2, 0) is 0 Å². The van der Waals surface area contributed by atoms with Crippen LogP contribution in [0, 0.1) is 5.92 Å². The molecule has 78 valence electrons. The number of alkyl halides is 1. The van der Waals surface area contributed by atoms with Gasteiger partial charge in [-0.3, -0.25) is 0 Å². The van der Waals surface area contributed by atoms with Crippen LogP contribution in [-0.4, -0.2) is 28.9 Å². The summed E-state index contributed by atoms with van der Waals surface area (Å²) >= 11 is 3.75. The van der Waals surface area contributed by atoms with Gasteiger partial charge in [0.05, 0.1) is 0 Å². The van der Waals surface area contributed by atoms with Crippen molar-refractivity contribution in [3.63, 3.8) is 0 Å². The second kappa shape index (κ2) is 5.35. The summed E-state index contributed by atoms with van der Waals surface area (Å²) in [6, 6.07) is 0.822. The molecule has 13 heavy (non-hydrogen) atoms. The average molecular weight is 248 g/mol. The molecule has 2 heteroatoms. The Morgan fingerprint density at radius 3 is 2.46 bits per heavy atom. The fourth-order valence-electron chi connectivity index (χ4n) is 2.29. The third-order valence-corrected chi connectivity index (χ3v) is 4.65. The van der Waals surface area contributed by atoms with Gasteiger partial charge in [0.25, 0.3) is 0 Å². The van der Waals surface area contributed by atoms with Crippen LogP contribution in [0.25, 0.3) is 0 Å². The van der Waals surface area contributed by atoms with Crippen LogP contribution < -0.4 is 0 Å². The molecule has 1 aliphatic heterocycles. The van der Waals surface area contributed by atoms with E-state index in [1.165, 1.54) is 32.4 Å². The van der Waals surface area contributed by atoms with Crippen LogP contribution in [0.5, 0.6) is 0 Å². The van der Waals surface area contributed by atoms with Gasteiger partial charge in [-0.2, -0.15) is 0 Å². The largest absolute Gasteiger partial charge is 0.300 e. The molecule has 0 aromatic carbocycles. The molecule has 0 aromatic rings. The van der Waals surface area contributed by atoms with Crippen LogP contribution in [0.2, 0.25) is 0 Å². The smallest absolute Gasteiger partial charge is 0.0195 e. The summed E-state index contributed by atoms with van der Waals surface area (Å²) in [6.45, 7) is 9.53. The summed E-state index contributed by atoms with van der Waals surface area (Å²) in [5.41, 5.74) is 0. The van der Waals surface area contributed by atoms with Crippen LogP contribution in [0.4, 0.5) is 0 Å². The van der Waals surface area contributed by atoms with Crippen molar-refractivity contribution in [3.8, 4) is 0 Å². The first-order valence-electron chi connectivity index (χ1n) is 5.57. The normalized spacial score (nSPS) is 31.2. The SMILES string of the molecule is CCC(CC)N1CCC(Br)C(C)C1. The van der Waals surface area contributed by atoms with Crippen molar-refractivity contribution in [1.29, 1.82) is 0 Å². The Morgan fingerprint density at radius 1 is 1.38 bits per heavy atom. The lowest BCUT2D eigenvalue weighted by molar-refractivity contribution is 0.128. The Morgan fingerprint density at radius 2 is 2.00 bits per heavy atom. The topological polar surface area (TPSA) is 3.24 Å². The van der Waals surface area contributed by atoms with Crippen LogP contribution in [0.15, 0.2) is 0 Å². The number of nitrogens with zero attached hydrogens (tertiary/aromatic N) is 1. The number of hydrogen-bond donors (Lipinski definition) is 0. The molecule has 1 rings (SSSR count). The summed E-state index contributed by atoms with van der Waals surface area (Å²) in [6.07, 6.45) is 3.92. The second-order valence-electron chi connectivity index (χ2n) is 4.25. The van der Waals surface area contributed by atoms with E-state index >= 15 is 0 Å². The van der Waals surface area contributed by atoms with E-state index in [1.807, 2.05) is 0 Å². The first-order valence-corrected chi connectivity index (χ1v) is 6.48. The van der Waals surface area contributed by atoms with Crippen molar-refractivity contribution >= 4 is 15.9 Å². The Hall–Kier alpha value is 0.440. The molecule has 0 aromatic heterocycles. The molecule has 0 amide bonds. The molecule has 1 heterocycles. The number of likely N-dealkylation sites (tertiary alicyclic amines) is 1. The van der Waals surface area contributed by atoms with E-state index in [4.69, 9.17) is 0 Å². The summed E-state index contributed by atoms with van der Waals surface area (Å²) in [5, 5.41) is 0. The number of halogens is 1. The lowest BCUT2D eigenvalue weighted by Gasteiger charge is -2.39. The Bertz CT molecular complexity index is 145. The van der Waals surface area contributed by atoms with Gasteiger partial charge in [0.1, 0.15) is 0 Å². The zero-order valence-electron chi connectivity index (χ0n) is 9.09. The van der Waals surface area contributed by atoms with E-state index in [1.54, 1.807) is 0 Å². The summed E-state index contributed by atoms with van der Waals surface area (Å²) in [5.74, 6) is 0.814. The number of hydrogen-bond acceptors (Lipinski definition) is 1. The molecule has 1 fully saturated rings. The van der Waals surface area contributed by atoms with Gasteiger partial charge in [0.2, 0.25) is 0 Å². The van der Waals surface area contributed by atoms with Gasteiger partial charge in [-0.25, -0.2) is 0 Å². The predicted octanol–water partition coefficient (Wildman–Crippen LogP) is 3.28. The minimum atomic E-state index is 0.748. The first-order chi connectivity index (χ1) is 6.19. The maximum absolute atomic E-state index is 3.75. The Balaban J connectivity index is 2.44. The van der Waals surface area contributed by atoms with E-state index in [-0.39, 0.29) is 0 Å². The number of rotatable bonds is 3. The quantitative estimate of drug-likeness (QED) is 0.693. The van der Waals surface area contributed by atoms with Crippen LogP contribution in [0.1, 0.15) is 40.0 Å². The van der Waals surface area contributed by atoms with Crippen molar-refractivity contribution < 1.29 is 0 Å². The minimum absolute atomic E-state index is 0.748. The van der Waals surface area contributed by atoms with E-state index in [9.17, 15) is 0 Å². The van der Waals surface area contributed by atoms with Gasteiger partial charge in [-0.1, -0.05) is 36.7 Å². The third kappa shape index (κ3) is 2.95. The highest BCUT2D eigenvalue weighted by molar-refractivity contribution is 9.09. The number of piperidine rings is 1. The molecule has 1 aliphatic rings. The van der Waals surface area contributed by atoms with Crippen molar-refractivity contribution in [2.75, 3.05) is 13.1 Å². The van der Waals surface area contributed by atoms with Gasteiger partial charge >= 0.3 is 0 Å². The monoisotopic (exact) mass is 247 g/mol. The minimum Gasteiger partial charge on any atom is -0.300 e. The van der Waals surface area contributed by atoms with Crippen molar-refractivity contribution in [3.05, 3.63) is 0 Å². The highest BCUT2D eigenvalue weighted by Crippen LogP contribution is 2.25. The van der Waals surface area contributed by atoms with Crippen molar-refractivity contribution in [2.24, 2.45) is 5.92 Å². The summed E-state index contributed by atoms with van der Waals surface area (Å²) in [4.78, 5) is 3.42. The molecule has 2 atom stereocenters. The average Bonchev–Trinajstić information content (AvgIpc) is 2.13. The molecule has 0 bridgehead atoms. The molecule has 1 saturated heterocycles. The zero-order valence-corrected chi connectivity index (χ0v) is 10.7. The molecule has 2 unspecified atom stereocenters. The van der Waals surface area contributed by atoms with Gasteiger partial charge in [0, 0.05) is 17.4 Å². The lowest BCUT2D eigenvalue weighted by atomic mass is 9.97. The van der Waals surface area contributed by atoms with E-state index < -0.39 is 0 Å².